The Hall–Kier alpha value is -4.23. The maximum Gasteiger partial charge on any atom is 0.336 e. The van der Waals surface area contributed by atoms with Gasteiger partial charge in [-0.2, -0.15) is 8.42 Å². The summed E-state index contributed by atoms with van der Waals surface area (Å²) in [5.41, 5.74) is -0.305. The molecule has 5 rings (SSSR count). The van der Waals surface area contributed by atoms with Gasteiger partial charge < -0.3 is 5.32 Å². The molecule has 13 heteroatoms. The van der Waals surface area contributed by atoms with Gasteiger partial charge in [-0.15, -0.1) is 0 Å². The third kappa shape index (κ3) is 5.25. The van der Waals surface area contributed by atoms with Crippen LogP contribution in [0, 0.1) is 19.7 Å². The number of fused-ring (bicyclic) bond motifs is 1. The number of nitrogens with zero attached hydrogens (tertiary/aromatic N) is 4. The minimum atomic E-state index is -3.85. The number of hydrogen-bond acceptors (Lipinski definition) is 6. The summed E-state index contributed by atoms with van der Waals surface area (Å²) in [7, 11) is 0.260. The van der Waals surface area contributed by atoms with E-state index in [2.05, 4.69) is 10.0 Å². The lowest BCUT2D eigenvalue weighted by molar-refractivity contribution is 0.586. The topological polar surface area (TPSA) is 127 Å². The van der Waals surface area contributed by atoms with Crippen molar-refractivity contribution in [2.75, 3.05) is 23.7 Å². The number of benzene rings is 2. The predicted molar refractivity (Wildman–Crippen MR) is 164 cm³/mol. The summed E-state index contributed by atoms with van der Waals surface area (Å²) < 4.78 is 46.7. The highest BCUT2D eigenvalue weighted by atomic mass is 32.2. The molecule has 0 saturated heterocycles. The lowest BCUT2D eigenvalue weighted by Gasteiger charge is -2.22. The van der Waals surface area contributed by atoms with Gasteiger partial charge in [0.2, 0.25) is 0 Å². The lowest BCUT2D eigenvalue weighted by atomic mass is 10.1. The second-order valence-electron chi connectivity index (χ2n) is 9.89. The minimum absolute atomic E-state index is 0.0348. The van der Waals surface area contributed by atoms with Gasteiger partial charge in [-0.3, -0.25) is 27.6 Å². The largest absolute Gasteiger partial charge is 0.338 e. The molecular weight excluding hydrogens is 563 g/mol. The van der Waals surface area contributed by atoms with E-state index in [1.807, 2.05) is 13.8 Å². The van der Waals surface area contributed by atoms with Crippen molar-refractivity contribution in [3.63, 3.8) is 0 Å². The van der Waals surface area contributed by atoms with Crippen molar-refractivity contribution in [3.05, 3.63) is 90.6 Å². The van der Waals surface area contributed by atoms with Crippen molar-refractivity contribution < 1.29 is 12.8 Å². The zero-order valence-electron chi connectivity index (χ0n) is 24.6. The molecule has 224 valence electrons. The molecule has 2 aromatic carbocycles. The first kappa shape index (κ1) is 30.7. The van der Waals surface area contributed by atoms with E-state index in [-0.39, 0.29) is 45.4 Å². The average molecular weight is 599 g/mol. The van der Waals surface area contributed by atoms with Crippen molar-refractivity contribution in [1.82, 2.24) is 18.4 Å². The van der Waals surface area contributed by atoms with Gasteiger partial charge in [0, 0.05) is 32.7 Å². The van der Waals surface area contributed by atoms with Crippen LogP contribution in [0.25, 0.3) is 16.6 Å². The van der Waals surface area contributed by atoms with E-state index in [0.717, 1.165) is 8.87 Å². The summed E-state index contributed by atoms with van der Waals surface area (Å²) in [6, 6.07) is 10.4. The number of halogens is 1. The van der Waals surface area contributed by atoms with Crippen LogP contribution >= 0.6 is 0 Å². The van der Waals surface area contributed by atoms with Crippen LogP contribution in [0.2, 0.25) is 0 Å². The van der Waals surface area contributed by atoms with Crippen LogP contribution in [0.4, 0.5) is 21.6 Å². The fraction of sp³-hybridized carbons (Fsp3) is 0.345. The second-order valence-corrected chi connectivity index (χ2v) is 11.8. The summed E-state index contributed by atoms with van der Waals surface area (Å²) in [5, 5.41) is 2.96. The summed E-state index contributed by atoms with van der Waals surface area (Å²) in [4.78, 5) is 41.3. The van der Waals surface area contributed by atoms with Crippen LogP contribution in [0.3, 0.4) is 0 Å². The maximum atomic E-state index is 14.9. The zero-order chi connectivity index (χ0) is 31.1. The van der Waals surface area contributed by atoms with Crippen molar-refractivity contribution in [2.45, 2.75) is 46.6 Å². The van der Waals surface area contributed by atoms with Crippen LogP contribution in [0.5, 0.6) is 0 Å². The quantitative estimate of drug-likeness (QED) is 0.335. The van der Waals surface area contributed by atoms with Gasteiger partial charge in [0.05, 0.1) is 22.6 Å². The Morgan fingerprint density at radius 1 is 1.00 bits per heavy atom. The first-order chi connectivity index (χ1) is 19.9. The Balaban J connectivity index is 0.00000198. The molecule has 2 heterocycles. The van der Waals surface area contributed by atoms with Crippen LogP contribution in [0.15, 0.2) is 56.8 Å². The third-order valence-corrected chi connectivity index (χ3v) is 8.65. The van der Waals surface area contributed by atoms with Crippen LogP contribution < -0.4 is 31.2 Å². The van der Waals surface area contributed by atoms with E-state index < -0.39 is 32.8 Å². The molecule has 11 nitrogen and oxygen atoms in total. The smallest absolute Gasteiger partial charge is 0.336 e. The fourth-order valence-corrected chi connectivity index (χ4v) is 5.47. The number of aryl methyl sites for hydroxylation is 2. The van der Waals surface area contributed by atoms with Gasteiger partial charge in [0.1, 0.15) is 17.0 Å². The van der Waals surface area contributed by atoms with Crippen LogP contribution in [0.1, 0.15) is 43.9 Å². The van der Waals surface area contributed by atoms with E-state index >= 15 is 0 Å². The van der Waals surface area contributed by atoms with Crippen molar-refractivity contribution in [3.8, 4) is 5.69 Å². The first-order valence-electron chi connectivity index (χ1n) is 13.6. The molecule has 0 radical (unpaired) electrons. The van der Waals surface area contributed by atoms with Crippen molar-refractivity contribution in [1.29, 1.82) is 0 Å². The molecule has 1 saturated carbocycles. The van der Waals surface area contributed by atoms with Gasteiger partial charge in [-0.05, 0) is 62.6 Å². The van der Waals surface area contributed by atoms with Gasteiger partial charge in [-0.25, -0.2) is 13.9 Å². The number of rotatable bonds is 7. The van der Waals surface area contributed by atoms with Gasteiger partial charge in [0.15, 0.2) is 0 Å². The Bertz CT molecular complexity index is 1980. The van der Waals surface area contributed by atoms with E-state index in [9.17, 15) is 27.2 Å². The van der Waals surface area contributed by atoms with Crippen molar-refractivity contribution in [2.24, 2.45) is 7.05 Å². The maximum absolute atomic E-state index is 14.9. The molecule has 1 aliphatic rings. The van der Waals surface area contributed by atoms with Crippen LogP contribution in [-0.4, -0.2) is 36.2 Å². The monoisotopic (exact) mass is 598 g/mol. The number of nitrogens with one attached hydrogen (secondary N) is 2. The van der Waals surface area contributed by atoms with E-state index in [1.165, 1.54) is 55.4 Å². The SMILES string of the molecule is CC.CNS(=O)(=O)N(C)c1cccc(-n2c(=O)n(C3CC3)c(=O)c3c(Nc4ccc(C)cc4F)n(C)c(=O)c(C)c32)c1. The minimum Gasteiger partial charge on any atom is -0.338 e. The molecule has 0 unspecified atom stereocenters. The molecule has 2 N–H and O–H groups in total. The highest BCUT2D eigenvalue weighted by molar-refractivity contribution is 7.90. The van der Waals surface area contributed by atoms with Crippen LogP contribution in [-0.2, 0) is 17.3 Å². The molecule has 42 heavy (non-hydrogen) atoms. The molecule has 2 aromatic heterocycles. The normalized spacial score (nSPS) is 13.0. The number of aromatic nitrogens is 3. The molecular formula is C29H35FN6O5S. The summed E-state index contributed by atoms with van der Waals surface area (Å²) in [6.45, 7) is 7.25. The Labute approximate surface area is 243 Å². The van der Waals surface area contributed by atoms with E-state index in [1.54, 1.807) is 31.2 Å². The number of anilines is 3. The molecule has 4 aromatic rings. The second kappa shape index (κ2) is 11.6. The van der Waals surface area contributed by atoms with Crippen molar-refractivity contribution >= 4 is 38.3 Å². The van der Waals surface area contributed by atoms with E-state index in [0.29, 0.717) is 18.4 Å². The first-order valence-corrected chi connectivity index (χ1v) is 15.0. The molecule has 0 aliphatic heterocycles. The lowest BCUT2D eigenvalue weighted by Crippen LogP contribution is -2.41. The third-order valence-electron chi connectivity index (χ3n) is 7.20. The average Bonchev–Trinajstić information content (AvgIpc) is 3.81. The van der Waals surface area contributed by atoms with Gasteiger partial charge in [-0.1, -0.05) is 26.0 Å². The molecule has 0 spiro atoms. The molecule has 0 atom stereocenters. The Kier molecular flexibility index (Phi) is 8.46. The standard InChI is InChI=1S/C27H29FN6O5S.C2H6/c1-15-9-12-21(20(28)13-15)30-24-22-23(16(2)25(35)31(24)4)33(27(37)34(26(22)36)17-10-11-17)19-8-6-7-18(14-19)32(5)40(38,39)29-3;1-2/h6-9,12-14,17,29-30H,10-11H2,1-5H3;1-2H3. The molecule has 0 amide bonds. The highest BCUT2D eigenvalue weighted by Gasteiger charge is 2.32. The predicted octanol–water partition coefficient (Wildman–Crippen LogP) is 3.61. The molecule has 1 fully saturated rings. The summed E-state index contributed by atoms with van der Waals surface area (Å²) in [6.07, 6.45) is 1.26. The Morgan fingerprint density at radius 2 is 1.67 bits per heavy atom. The summed E-state index contributed by atoms with van der Waals surface area (Å²) in [5.74, 6) is -0.536. The molecule has 1 aliphatic carbocycles. The highest BCUT2D eigenvalue weighted by Crippen LogP contribution is 2.34. The number of pyridine rings is 1. The zero-order valence-corrected chi connectivity index (χ0v) is 25.5. The molecule has 0 bridgehead atoms. The Morgan fingerprint density at radius 3 is 2.26 bits per heavy atom. The van der Waals surface area contributed by atoms with Gasteiger partial charge >= 0.3 is 15.9 Å². The van der Waals surface area contributed by atoms with Gasteiger partial charge in [0.25, 0.3) is 11.1 Å². The summed E-state index contributed by atoms with van der Waals surface area (Å²) >= 11 is 0. The number of hydrogen-bond donors (Lipinski definition) is 2. The fourth-order valence-electron chi connectivity index (χ4n) is 4.81. The van der Waals surface area contributed by atoms with E-state index in [4.69, 9.17) is 0 Å².